The number of nitrogens with zero attached hydrogens (tertiary/aromatic N) is 4. The van der Waals surface area contributed by atoms with Gasteiger partial charge in [-0.25, -0.2) is 19.9 Å². The van der Waals surface area contributed by atoms with Crippen LogP contribution in [0.3, 0.4) is 0 Å². The number of H-pyrrole nitrogens is 1. The van der Waals surface area contributed by atoms with E-state index in [1.54, 1.807) is 60.7 Å². The highest BCUT2D eigenvalue weighted by Gasteiger charge is 2.29. The number of carbonyl (C=O) groups is 2. The van der Waals surface area contributed by atoms with Crippen LogP contribution in [0.15, 0.2) is 73.3 Å². The van der Waals surface area contributed by atoms with Gasteiger partial charge in [-0.05, 0) is 24.3 Å². The fourth-order valence-electron chi connectivity index (χ4n) is 2.62. The molecule has 0 aliphatic heterocycles. The zero-order valence-corrected chi connectivity index (χ0v) is 13.5. The van der Waals surface area contributed by atoms with Crippen LogP contribution in [0.25, 0.3) is 11.2 Å². The maximum atomic E-state index is 13.1. The van der Waals surface area contributed by atoms with Crippen molar-refractivity contribution in [2.75, 3.05) is 4.90 Å². The second-order valence-corrected chi connectivity index (χ2v) is 5.47. The maximum absolute atomic E-state index is 13.1. The van der Waals surface area contributed by atoms with Crippen LogP contribution in [0.5, 0.6) is 0 Å². The lowest BCUT2D eigenvalue weighted by atomic mass is 10.1. The van der Waals surface area contributed by atoms with E-state index < -0.39 is 11.8 Å². The van der Waals surface area contributed by atoms with Gasteiger partial charge in [-0.15, -0.1) is 0 Å². The van der Waals surface area contributed by atoms with E-state index in [2.05, 4.69) is 19.9 Å². The van der Waals surface area contributed by atoms with Crippen molar-refractivity contribution in [3.05, 3.63) is 84.4 Å². The average molecular weight is 343 g/mol. The number of fused-ring (bicyclic) bond motifs is 1. The van der Waals surface area contributed by atoms with E-state index in [0.29, 0.717) is 22.3 Å². The highest BCUT2D eigenvalue weighted by Crippen LogP contribution is 2.23. The molecule has 2 aromatic carbocycles. The SMILES string of the molecule is O=C(c1ccccc1)N(C(=O)c1ccccc1)c1ncnc2[nH]cnc12. The zero-order chi connectivity index (χ0) is 17.9. The molecular formula is C19H13N5O2. The van der Waals surface area contributed by atoms with Crippen LogP contribution in [0.1, 0.15) is 20.7 Å². The van der Waals surface area contributed by atoms with Gasteiger partial charge in [0.05, 0.1) is 6.33 Å². The molecule has 26 heavy (non-hydrogen) atoms. The van der Waals surface area contributed by atoms with Gasteiger partial charge < -0.3 is 4.98 Å². The summed E-state index contributed by atoms with van der Waals surface area (Å²) in [6.07, 6.45) is 2.74. The fourth-order valence-corrected chi connectivity index (χ4v) is 2.62. The van der Waals surface area contributed by atoms with Gasteiger partial charge in [-0.1, -0.05) is 36.4 Å². The maximum Gasteiger partial charge on any atom is 0.266 e. The molecule has 0 atom stereocenters. The van der Waals surface area contributed by atoms with Crippen molar-refractivity contribution in [1.82, 2.24) is 19.9 Å². The first-order valence-electron chi connectivity index (χ1n) is 7.88. The Morgan fingerprint density at radius 3 is 1.92 bits per heavy atom. The molecule has 4 aromatic rings. The third kappa shape index (κ3) is 2.71. The highest BCUT2D eigenvalue weighted by molar-refractivity contribution is 6.27. The fraction of sp³-hybridized carbons (Fsp3) is 0. The molecule has 1 N–H and O–H groups in total. The van der Waals surface area contributed by atoms with Crippen molar-refractivity contribution < 1.29 is 9.59 Å². The second kappa shape index (κ2) is 6.56. The summed E-state index contributed by atoms with van der Waals surface area (Å²) in [4.78, 5) is 42.6. The molecule has 0 aliphatic rings. The van der Waals surface area contributed by atoms with E-state index in [4.69, 9.17) is 0 Å². The van der Waals surface area contributed by atoms with E-state index >= 15 is 0 Å². The number of imide groups is 1. The molecule has 0 fully saturated rings. The molecule has 0 bridgehead atoms. The zero-order valence-electron chi connectivity index (χ0n) is 13.5. The van der Waals surface area contributed by atoms with Crippen molar-refractivity contribution >= 4 is 28.8 Å². The van der Waals surface area contributed by atoms with Gasteiger partial charge in [0.25, 0.3) is 11.8 Å². The Kier molecular flexibility index (Phi) is 3.95. The largest absolute Gasteiger partial charge is 0.329 e. The van der Waals surface area contributed by atoms with Gasteiger partial charge in [-0.2, -0.15) is 0 Å². The highest BCUT2D eigenvalue weighted by atomic mass is 16.2. The number of aromatic nitrogens is 4. The Bertz CT molecular complexity index is 1030. The van der Waals surface area contributed by atoms with Crippen molar-refractivity contribution in [3.63, 3.8) is 0 Å². The summed E-state index contributed by atoms with van der Waals surface area (Å²) < 4.78 is 0. The topological polar surface area (TPSA) is 91.8 Å². The minimum Gasteiger partial charge on any atom is -0.329 e. The molecule has 0 saturated heterocycles. The number of nitrogens with one attached hydrogen (secondary N) is 1. The van der Waals surface area contributed by atoms with Gasteiger partial charge in [0.2, 0.25) is 0 Å². The average Bonchev–Trinajstić information content (AvgIpc) is 3.19. The second-order valence-electron chi connectivity index (χ2n) is 5.47. The van der Waals surface area contributed by atoms with E-state index in [1.165, 1.54) is 12.7 Å². The quantitative estimate of drug-likeness (QED) is 0.578. The number of rotatable bonds is 3. The molecule has 0 spiro atoms. The molecule has 0 aliphatic carbocycles. The minimum atomic E-state index is -0.484. The van der Waals surface area contributed by atoms with Gasteiger partial charge in [-0.3, -0.25) is 9.59 Å². The summed E-state index contributed by atoms with van der Waals surface area (Å²) in [5.41, 5.74) is 1.54. The standard InChI is InChI=1S/C19H13N5O2/c25-18(13-7-3-1-4-8-13)24(19(26)14-9-5-2-6-10-14)17-15-16(21-11-20-15)22-12-23-17/h1-12H,(H,20,21,22,23). The Morgan fingerprint density at radius 2 is 1.35 bits per heavy atom. The molecule has 0 radical (unpaired) electrons. The summed E-state index contributed by atoms with van der Waals surface area (Å²) in [5.74, 6) is -0.830. The van der Waals surface area contributed by atoms with Crippen LogP contribution in [-0.4, -0.2) is 31.8 Å². The van der Waals surface area contributed by atoms with Gasteiger partial charge in [0.15, 0.2) is 17.0 Å². The number of amides is 2. The van der Waals surface area contributed by atoms with Crippen LogP contribution in [0.4, 0.5) is 5.82 Å². The third-order valence-electron chi connectivity index (χ3n) is 3.86. The molecule has 2 amide bonds. The number of anilines is 1. The number of imidazole rings is 1. The van der Waals surface area contributed by atoms with Crippen molar-refractivity contribution in [2.45, 2.75) is 0 Å². The molecule has 2 aromatic heterocycles. The normalized spacial score (nSPS) is 10.6. The van der Waals surface area contributed by atoms with Crippen LogP contribution < -0.4 is 4.90 Å². The Hall–Kier alpha value is -3.87. The van der Waals surface area contributed by atoms with Crippen molar-refractivity contribution in [3.8, 4) is 0 Å². The van der Waals surface area contributed by atoms with Crippen LogP contribution in [0, 0.1) is 0 Å². The first kappa shape index (κ1) is 15.6. The Labute approximate surface area is 148 Å². The summed E-state index contributed by atoms with van der Waals surface area (Å²) in [5, 5.41) is 0. The molecule has 4 rings (SSSR count). The van der Waals surface area contributed by atoms with E-state index in [0.717, 1.165) is 4.90 Å². The van der Waals surface area contributed by atoms with Gasteiger partial charge in [0, 0.05) is 11.1 Å². The van der Waals surface area contributed by atoms with Crippen LogP contribution >= 0.6 is 0 Å². The van der Waals surface area contributed by atoms with Gasteiger partial charge >= 0.3 is 0 Å². The molecule has 7 nitrogen and oxygen atoms in total. The monoisotopic (exact) mass is 343 g/mol. The van der Waals surface area contributed by atoms with Crippen molar-refractivity contribution in [2.24, 2.45) is 0 Å². The number of hydrogen-bond donors (Lipinski definition) is 1. The first-order chi connectivity index (χ1) is 12.8. The van der Waals surface area contributed by atoms with Crippen molar-refractivity contribution in [1.29, 1.82) is 0 Å². The lowest BCUT2D eigenvalue weighted by Crippen LogP contribution is -2.38. The Balaban J connectivity index is 1.88. The van der Waals surface area contributed by atoms with E-state index in [-0.39, 0.29) is 5.82 Å². The van der Waals surface area contributed by atoms with E-state index in [9.17, 15) is 9.59 Å². The number of benzene rings is 2. The predicted molar refractivity (Wildman–Crippen MR) is 95.7 cm³/mol. The molecular weight excluding hydrogens is 330 g/mol. The number of hydrogen-bond acceptors (Lipinski definition) is 5. The molecule has 7 heteroatoms. The summed E-state index contributed by atoms with van der Waals surface area (Å²) in [6.45, 7) is 0. The molecule has 2 heterocycles. The summed E-state index contributed by atoms with van der Waals surface area (Å²) in [6, 6.07) is 17.2. The first-order valence-corrected chi connectivity index (χ1v) is 7.88. The minimum absolute atomic E-state index is 0.138. The Morgan fingerprint density at radius 1 is 0.769 bits per heavy atom. The predicted octanol–water partition coefficient (Wildman–Crippen LogP) is 2.84. The number of carbonyl (C=O) groups excluding carboxylic acids is 2. The number of aromatic amines is 1. The van der Waals surface area contributed by atoms with Crippen LogP contribution in [0.2, 0.25) is 0 Å². The third-order valence-corrected chi connectivity index (χ3v) is 3.86. The molecule has 0 unspecified atom stereocenters. The molecule has 126 valence electrons. The lowest BCUT2D eigenvalue weighted by Gasteiger charge is -2.20. The van der Waals surface area contributed by atoms with Crippen LogP contribution in [-0.2, 0) is 0 Å². The summed E-state index contributed by atoms with van der Waals surface area (Å²) in [7, 11) is 0. The lowest BCUT2D eigenvalue weighted by molar-refractivity contribution is 0.0897. The molecule has 0 saturated carbocycles. The smallest absolute Gasteiger partial charge is 0.266 e. The van der Waals surface area contributed by atoms with E-state index in [1.807, 2.05) is 0 Å². The summed E-state index contributed by atoms with van der Waals surface area (Å²) >= 11 is 0. The van der Waals surface area contributed by atoms with Gasteiger partial charge in [0.1, 0.15) is 6.33 Å².